The van der Waals surface area contributed by atoms with Crippen LogP contribution in [0.2, 0.25) is 5.02 Å². The first-order chi connectivity index (χ1) is 9.65. The summed E-state index contributed by atoms with van der Waals surface area (Å²) in [7, 11) is 0. The van der Waals surface area contributed by atoms with Gasteiger partial charge in [-0.05, 0) is 30.3 Å². The SMILES string of the molecule is O=C(CNc1ccc(Cl)cc1)OCc1ccccc1Br. The average molecular weight is 355 g/mol. The lowest BCUT2D eigenvalue weighted by Gasteiger charge is -2.08. The molecule has 5 heteroatoms. The van der Waals surface area contributed by atoms with Crippen molar-refractivity contribution in [2.45, 2.75) is 6.61 Å². The molecule has 0 aliphatic rings. The summed E-state index contributed by atoms with van der Waals surface area (Å²) in [5.74, 6) is -0.310. The Bertz CT molecular complexity index is 587. The van der Waals surface area contributed by atoms with E-state index in [1.165, 1.54) is 0 Å². The molecule has 1 N–H and O–H groups in total. The van der Waals surface area contributed by atoms with E-state index in [0.717, 1.165) is 15.7 Å². The van der Waals surface area contributed by atoms with Crippen molar-refractivity contribution < 1.29 is 9.53 Å². The molecular formula is C15H13BrClNO2. The maximum Gasteiger partial charge on any atom is 0.325 e. The number of anilines is 1. The first kappa shape index (κ1) is 14.9. The Hall–Kier alpha value is -1.52. The van der Waals surface area contributed by atoms with Gasteiger partial charge in [-0.2, -0.15) is 0 Å². The topological polar surface area (TPSA) is 38.3 Å². The molecule has 3 nitrogen and oxygen atoms in total. The second-order valence-corrected chi connectivity index (χ2v) is 5.40. The normalized spacial score (nSPS) is 10.1. The molecule has 0 aliphatic heterocycles. The van der Waals surface area contributed by atoms with Gasteiger partial charge in [-0.3, -0.25) is 4.79 Å². The third-order valence-electron chi connectivity index (χ3n) is 2.63. The van der Waals surface area contributed by atoms with Gasteiger partial charge in [0.15, 0.2) is 0 Å². The summed E-state index contributed by atoms with van der Waals surface area (Å²) in [4.78, 5) is 11.6. The van der Waals surface area contributed by atoms with Crippen LogP contribution in [0, 0.1) is 0 Å². The summed E-state index contributed by atoms with van der Waals surface area (Å²) in [5.41, 5.74) is 1.76. The number of esters is 1. The summed E-state index contributed by atoms with van der Waals surface area (Å²) in [6, 6.07) is 14.8. The molecule has 0 atom stereocenters. The number of carbonyl (C=O) groups is 1. The van der Waals surface area contributed by atoms with Crippen molar-refractivity contribution in [1.29, 1.82) is 0 Å². The van der Waals surface area contributed by atoms with Crippen molar-refractivity contribution in [3.05, 3.63) is 63.6 Å². The van der Waals surface area contributed by atoms with Crippen LogP contribution in [0.1, 0.15) is 5.56 Å². The zero-order chi connectivity index (χ0) is 14.4. The Labute approximate surface area is 131 Å². The van der Waals surface area contributed by atoms with Crippen molar-refractivity contribution in [2.24, 2.45) is 0 Å². The maximum absolute atomic E-state index is 11.6. The van der Waals surface area contributed by atoms with Gasteiger partial charge in [0.25, 0.3) is 0 Å². The van der Waals surface area contributed by atoms with E-state index in [2.05, 4.69) is 21.2 Å². The minimum atomic E-state index is -0.310. The number of benzene rings is 2. The van der Waals surface area contributed by atoms with E-state index >= 15 is 0 Å². The lowest BCUT2D eigenvalue weighted by atomic mass is 10.2. The molecular weight excluding hydrogens is 342 g/mol. The highest BCUT2D eigenvalue weighted by molar-refractivity contribution is 9.10. The van der Waals surface area contributed by atoms with Crippen LogP contribution < -0.4 is 5.32 Å². The molecule has 0 bridgehead atoms. The predicted octanol–water partition coefficient (Wildman–Crippen LogP) is 4.26. The Balaban J connectivity index is 1.78. The number of hydrogen-bond donors (Lipinski definition) is 1. The minimum absolute atomic E-state index is 0.117. The third-order valence-corrected chi connectivity index (χ3v) is 3.65. The van der Waals surface area contributed by atoms with Gasteiger partial charge in [-0.25, -0.2) is 0 Å². The van der Waals surface area contributed by atoms with Gasteiger partial charge >= 0.3 is 5.97 Å². The fourth-order valence-electron chi connectivity index (χ4n) is 1.57. The summed E-state index contributed by atoms with van der Waals surface area (Å²) >= 11 is 9.19. The Morgan fingerprint density at radius 1 is 1.15 bits per heavy atom. The van der Waals surface area contributed by atoms with Crippen LogP contribution in [-0.2, 0) is 16.1 Å². The van der Waals surface area contributed by atoms with Gasteiger partial charge in [0, 0.05) is 20.7 Å². The van der Waals surface area contributed by atoms with Crippen molar-refractivity contribution in [3.8, 4) is 0 Å². The van der Waals surface area contributed by atoms with E-state index in [-0.39, 0.29) is 19.1 Å². The fraction of sp³-hybridized carbons (Fsp3) is 0.133. The van der Waals surface area contributed by atoms with Crippen LogP contribution in [-0.4, -0.2) is 12.5 Å². The number of halogens is 2. The summed E-state index contributed by atoms with van der Waals surface area (Å²) in [6.45, 7) is 0.370. The highest BCUT2D eigenvalue weighted by atomic mass is 79.9. The van der Waals surface area contributed by atoms with Crippen molar-refractivity contribution >= 4 is 39.2 Å². The number of rotatable bonds is 5. The molecule has 0 saturated heterocycles. The number of ether oxygens (including phenoxy) is 1. The smallest absolute Gasteiger partial charge is 0.325 e. The molecule has 20 heavy (non-hydrogen) atoms. The summed E-state index contributed by atoms with van der Waals surface area (Å²) in [6.07, 6.45) is 0. The lowest BCUT2D eigenvalue weighted by molar-refractivity contribution is -0.142. The van der Waals surface area contributed by atoms with E-state index in [1.54, 1.807) is 12.1 Å². The zero-order valence-electron chi connectivity index (χ0n) is 10.6. The Kier molecular flexibility index (Phi) is 5.44. The van der Waals surface area contributed by atoms with Crippen molar-refractivity contribution in [1.82, 2.24) is 0 Å². The summed E-state index contributed by atoms with van der Waals surface area (Å²) in [5, 5.41) is 3.64. The van der Waals surface area contributed by atoms with Gasteiger partial charge < -0.3 is 10.1 Å². The first-order valence-corrected chi connectivity index (χ1v) is 7.21. The standard InChI is InChI=1S/C15H13BrClNO2/c16-14-4-2-1-3-11(14)10-20-15(19)9-18-13-7-5-12(17)6-8-13/h1-8,18H,9-10H2. The molecule has 104 valence electrons. The van der Waals surface area contributed by atoms with Gasteiger partial charge in [0.1, 0.15) is 13.2 Å². The molecule has 0 heterocycles. The molecule has 0 unspecified atom stereocenters. The number of carbonyl (C=O) groups excluding carboxylic acids is 1. The molecule has 2 rings (SSSR count). The molecule has 2 aromatic carbocycles. The zero-order valence-corrected chi connectivity index (χ0v) is 12.9. The first-order valence-electron chi connectivity index (χ1n) is 6.03. The average Bonchev–Trinajstić information content (AvgIpc) is 2.46. The van der Waals surface area contributed by atoms with Crippen LogP contribution in [0.4, 0.5) is 5.69 Å². The minimum Gasteiger partial charge on any atom is -0.459 e. The molecule has 0 fully saturated rings. The highest BCUT2D eigenvalue weighted by Gasteiger charge is 2.05. The molecule has 0 aromatic heterocycles. The van der Waals surface area contributed by atoms with Crippen LogP contribution in [0.15, 0.2) is 53.0 Å². The molecule has 0 aliphatic carbocycles. The quantitative estimate of drug-likeness (QED) is 0.815. The van der Waals surface area contributed by atoms with Gasteiger partial charge in [0.05, 0.1) is 0 Å². The van der Waals surface area contributed by atoms with E-state index < -0.39 is 0 Å². The second kappa shape index (κ2) is 7.31. The monoisotopic (exact) mass is 353 g/mol. The van der Waals surface area contributed by atoms with E-state index in [1.807, 2.05) is 36.4 Å². The molecule has 0 spiro atoms. The van der Waals surface area contributed by atoms with E-state index in [9.17, 15) is 4.79 Å². The van der Waals surface area contributed by atoms with Gasteiger partial charge in [-0.1, -0.05) is 45.7 Å². The highest BCUT2D eigenvalue weighted by Crippen LogP contribution is 2.17. The molecule has 0 amide bonds. The van der Waals surface area contributed by atoms with E-state index in [4.69, 9.17) is 16.3 Å². The van der Waals surface area contributed by atoms with E-state index in [0.29, 0.717) is 5.02 Å². The van der Waals surface area contributed by atoms with Gasteiger partial charge in [-0.15, -0.1) is 0 Å². The molecule has 2 aromatic rings. The Morgan fingerprint density at radius 3 is 2.55 bits per heavy atom. The van der Waals surface area contributed by atoms with Crippen LogP contribution in [0.25, 0.3) is 0 Å². The number of hydrogen-bond acceptors (Lipinski definition) is 3. The lowest BCUT2D eigenvalue weighted by Crippen LogP contribution is -2.16. The van der Waals surface area contributed by atoms with Gasteiger partial charge in [0.2, 0.25) is 0 Å². The second-order valence-electron chi connectivity index (χ2n) is 4.11. The predicted molar refractivity (Wildman–Crippen MR) is 83.9 cm³/mol. The maximum atomic E-state index is 11.6. The third kappa shape index (κ3) is 4.54. The Morgan fingerprint density at radius 2 is 1.85 bits per heavy atom. The summed E-state index contributed by atoms with van der Waals surface area (Å²) < 4.78 is 6.13. The largest absolute Gasteiger partial charge is 0.459 e. The van der Waals surface area contributed by atoms with Crippen LogP contribution in [0.3, 0.4) is 0 Å². The molecule has 0 radical (unpaired) electrons. The fourth-order valence-corrected chi connectivity index (χ4v) is 2.09. The van der Waals surface area contributed by atoms with Crippen molar-refractivity contribution in [3.63, 3.8) is 0 Å². The van der Waals surface area contributed by atoms with Crippen LogP contribution >= 0.6 is 27.5 Å². The number of nitrogens with one attached hydrogen (secondary N) is 1. The van der Waals surface area contributed by atoms with Crippen LogP contribution in [0.5, 0.6) is 0 Å². The van der Waals surface area contributed by atoms with Crippen molar-refractivity contribution in [2.75, 3.05) is 11.9 Å². The molecule has 0 saturated carbocycles.